The second-order valence-electron chi connectivity index (χ2n) is 6.86. The molecule has 0 saturated heterocycles. The minimum Gasteiger partial charge on any atom is -0.492 e. The Kier molecular flexibility index (Phi) is 8.66. The summed E-state index contributed by atoms with van der Waals surface area (Å²) in [6, 6.07) is 20.2. The Morgan fingerprint density at radius 3 is 2.38 bits per heavy atom. The second-order valence-corrected chi connectivity index (χ2v) is 8.19. The molecule has 0 unspecified atom stereocenters. The van der Waals surface area contributed by atoms with Gasteiger partial charge >= 0.3 is 0 Å². The Balaban J connectivity index is 1.59. The van der Waals surface area contributed by atoms with Gasteiger partial charge in [-0.2, -0.15) is 0 Å². The van der Waals surface area contributed by atoms with E-state index in [1.165, 1.54) is 24.3 Å². The summed E-state index contributed by atoms with van der Waals surface area (Å²) in [6.07, 6.45) is 0.662. The van der Waals surface area contributed by atoms with Gasteiger partial charge in [0.15, 0.2) is 5.11 Å². The van der Waals surface area contributed by atoms with E-state index in [1.807, 2.05) is 30.3 Å². The summed E-state index contributed by atoms with van der Waals surface area (Å²) in [5.74, 6) is -0.979. The van der Waals surface area contributed by atoms with E-state index in [0.717, 1.165) is 5.56 Å². The van der Waals surface area contributed by atoms with E-state index in [2.05, 4.69) is 32.1 Å². The number of nitrogens with one attached hydrogen (secondary N) is 3. The maximum absolute atomic E-state index is 12.8. The van der Waals surface area contributed by atoms with Gasteiger partial charge in [-0.25, -0.2) is 0 Å². The fraction of sp³-hybridized carbons (Fsp3) is 0.0870. The number of hydrogen-bond acceptors (Lipinski definition) is 6. The van der Waals surface area contributed by atoms with Crippen molar-refractivity contribution in [2.24, 2.45) is 0 Å². The van der Waals surface area contributed by atoms with Crippen LogP contribution in [0.5, 0.6) is 5.75 Å². The minimum atomic E-state index is -0.781. The zero-order chi connectivity index (χ0) is 24.5. The standard InChI is InChI=1S/C23H19BrN4O5S/c24-16-10-11-20(33-13-12-15-6-2-1-3-7-15)18(14-16)21(29)25-23(34)27-26-22(30)17-8-4-5-9-19(17)28(31)32/h1-11,14H,12-13H2,(H,26,30)(H2,25,27,29,34). The monoisotopic (exact) mass is 542 g/mol. The van der Waals surface area contributed by atoms with Crippen molar-refractivity contribution in [1.82, 2.24) is 16.2 Å². The predicted molar refractivity (Wildman–Crippen MR) is 134 cm³/mol. The van der Waals surface area contributed by atoms with E-state index < -0.39 is 16.7 Å². The SMILES string of the molecule is O=C(NC(=S)NNC(=O)c1ccccc1[N+](=O)[O-])c1cc(Br)ccc1OCCc1ccccc1. The third-order valence-corrected chi connectivity index (χ3v) is 5.24. The first-order chi connectivity index (χ1) is 16.3. The summed E-state index contributed by atoms with van der Waals surface area (Å²) >= 11 is 8.40. The summed E-state index contributed by atoms with van der Waals surface area (Å²) in [6.45, 7) is 0.362. The molecule has 2 amide bonds. The Hall–Kier alpha value is -3.83. The van der Waals surface area contributed by atoms with E-state index in [9.17, 15) is 19.7 Å². The predicted octanol–water partition coefficient (Wildman–Crippen LogP) is 3.93. The van der Waals surface area contributed by atoms with E-state index in [0.29, 0.717) is 23.2 Å². The molecule has 0 aliphatic carbocycles. The molecule has 9 nitrogen and oxygen atoms in total. The van der Waals surface area contributed by atoms with E-state index >= 15 is 0 Å². The molecule has 11 heteroatoms. The van der Waals surface area contributed by atoms with Crippen molar-refractivity contribution in [3.8, 4) is 5.75 Å². The van der Waals surface area contributed by atoms with Gasteiger partial charge in [0.1, 0.15) is 11.3 Å². The van der Waals surface area contributed by atoms with Gasteiger partial charge in [-0.05, 0) is 42.0 Å². The number of nitro benzene ring substituents is 1. The normalized spacial score (nSPS) is 10.1. The van der Waals surface area contributed by atoms with Crippen molar-refractivity contribution in [2.75, 3.05) is 6.61 Å². The molecule has 0 heterocycles. The first-order valence-electron chi connectivity index (χ1n) is 9.96. The topological polar surface area (TPSA) is 123 Å². The van der Waals surface area contributed by atoms with Gasteiger partial charge in [-0.3, -0.25) is 35.9 Å². The Bertz CT molecular complexity index is 1220. The van der Waals surface area contributed by atoms with Crippen LogP contribution in [0, 0.1) is 10.1 Å². The summed E-state index contributed by atoms with van der Waals surface area (Å²) in [5, 5.41) is 13.3. The molecule has 174 valence electrons. The lowest BCUT2D eigenvalue weighted by atomic mass is 10.1. The van der Waals surface area contributed by atoms with Crippen molar-refractivity contribution < 1.29 is 19.2 Å². The van der Waals surface area contributed by atoms with Crippen LogP contribution in [0.25, 0.3) is 0 Å². The van der Waals surface area contributed by atoms with Crippen molar-refractivity contribution in [3.63, 3.8) is 0 Å². The molecule has 3 aromatic carbocycles. The Morgan fingerprint density at radius 1 is 0.941 bits per heavy atom. The lowest BCUT2D eigenvalue weighted by Crippen LogP contribution is -2.48. The first kappa shape index (κ1) is 24.8. The largest absolute Gasteiger partial charge is 0.492 e. The van der Waals surface area contributed by atoms with Gasteiger partial charge in [-0.15, -0.1) is 0 Å². The van der Waals surface area contributed by atoms with Gasteiger partial charge in [0.05, 0.1) is 17.1 Å². The number of ether oxygens (including phenoxy) is 1. The average Bonchev–Trinajstić information content (AvgIpc) is 2.84. The number of carbonyl (C=O) groups excluding carboxylic acids is 2. The number of benzene rings is 3. The summed E-state index contributed by atoms with van der Waals surface area (Å²) in [7, 11) is 0. The van der Waals surface area contributed by atoms with Crippen LogP contribution in [0.2, 0.25) is 0 Å². The van der Waals surface area contributed by atoms with Crippen LogP contribution in [0.1, 0.15) is 26.3 Å². The van der Waals surface area contributed by atoms with Crippen LogP contribution in [0.15, 0.2) is 77.3 Å². The van der Waals surface area contributed by atoms with Crippen LogP contribution in [0.4, 0.5) is 5.69 Å². The number of carbonyl (C=O) groups is 2. The third kappa shape index (κ3) is 6.83. The minimum absolute atomic E-state index is 0.157. The van der Waals surface area contributed by atoms with E-state index in [-0.39, 0.29) is 21.9 Å². The number of nitrogens with zero attached hydrogens (tertiary/aromatic N) is 1. The molecular formula is C23H19BrN4O5S. The molecule has 3 N–H and O–H groups in total. The van der Waals surface area contributed by atoms with Gasteiger partial charge in [0.2, 0.25) is 0 Å². The number of para-hydroxylation sites is 1. The van der Waals surface area contributed by atoms with Gasteiger partial charge in [0, 0.05) is 17.0 Å². The number of halogens is 1. The van der Waals surface area contributed by atoms with Crippen LogP contribution in [-0.4, -0.2) is 28.5 Å². The van der Waals surface area contributed by atoms with Crippen LogP contribution in [0.3, 0.4) is 0 Å². The number of amides is 2. The fourth-order valence-corrected chi connectivity index (χ4v) is 3.44. The third-order valence-electron chi connectivity index (χ3n) is 4.54. The maximum atomic E-state index is 12.8. The molecule has 3 aromatic rings. The van der Waals surface area contributed by atoms with Gasteiger partial charge in [-0.1, -0.05) is 58.4 Å². The molecule has 0 fully saturated rings. The van der Waals surface area contributed by atoms with Crippen LogP contribution < -0.4 is 20.9 Å². The lowest BCUT2D eigenvalue weighted by Gasteiger charge is -2.14. The number of nitro groups is 1. The highest BCUT2D eigenvalue weighted by molar-refractivity contribution is 9.10. The molecule has 0 aliphatic rings. The molecule has 0 aromatic heterocycles. The molecule has 0 atom stereocenters. The van der Waals surface area contributed by atoms with Gasteiger partial charge < -0.3 is 4.74 Å². The molecule has 0 radical (unpaired) electrons. The summed E-state index contributed by atoms with van der Waals surface area (Å²) in [4.78, 5) is 35.5. The highest BCUT2D eigenvalue weighted by Crippen LogP contribution is 2.23. The Labute approximate surface area is 208 Å². The molecule has 34 heavy (non-hydrogen) atoms. The number of rotatable bonds is 7. The smallest absolute Gasteiger partial charge is 0.282 e. The van der Waals surface area contributed by atoms with Crippen molar-refractivity contribution in [3.05, 3.63) is 104 Å². The second kappa shape index (κ2) is 11.9. The molecule has 0 aliphatic heterocycles. The Morgan fingerprint density at radius 2 is 1.65 bits per heavy atom. The highest BCUT2D eigenvalue weighted by Gasteiger charge is 2.20. The number of thiocarbonyl (C=S) groups is 1. The number of hydrazine groups is 1. The molecule has 0 spiro atoms. The van der Waals surface area contributed by atoms with Crippen molar-refractivity contribution in [2.45, 2.75) is 6.42 Å². The maximum Gasteiger partial charge on any atom is 0.282 e. The zero-order valence-electron chi connectivity index (χ0n) is 17.6. The quantitative estimate of drug-likeness (QED) is 0.235. The van der Waals surface area contributed by atoms with Crippen molar-refractivity contribution in [1.29, 1.82) is 0 Å². The number of hydrogen-bond donors (Lipinski definition) is 3. The highest BCUT2D eigenvalue weighted by atomic mass is 79.9. The zero-order valence-corrected chi connectivity index (χ0v) is 20.0. The fourth-order valence-electron chi connectivity index (χ4n) is 2.94. The van der Waals surface area contributed by atoms with Gasteiger partial charge in [0.25, 0.3) is 17.5 Å². The van der Waals surface area contributed by atoms with E-state index in [4.69, 9.17) is 17.0 Å². The van der Waals surface area contributed by atoms with E-state index in [1.54, 1.807) is 18.2 Å². The van der Waals surface area contributed by atoms with Crippen LogP contribution >= 0.6 is 28.1 Å². The summed E-state index contributed by atoms with van der Waals surface area (Å²) < 4.78 is 6.48. The molecular weight excluding hydrogens is 524 g/mol. The summed E-state index contributed by atoms with van der Waals surface area (Å²) in [5.41, 5.74) is 5.43. The lowest BCUT2D eigenvalue weighted by molar-refractivity contribution is -0.385. The molecule has 3 rings (SSSR count). The molecule has 0 bridgehead atoms. The van der Waals surface area contributed by atoms with Crippen molar-refractivity contribution >= 4 is 50.8 Å². The average molecular weight is 543 g/mol. The molecule has 0 saturated carbocycles. The first-order valence-corrected chi connectivity index (χ1v) is 11.2. The van der Waals surface area contributed by atoms with Crippen LogP contribution in [-0.2, 0) is 6.42 Å².